The number of anilines is 2. The first-order valence-corrected chi connectivity index (χ1v) is 15.8. The van der Waals surface area contributed by atoms with Gasteiger partial charge in [0.15, 0.2) is 0 Å². The van der Waals surface area contributed by atoms with E-state index in [9.17, 15) is 19.5 Å². The highest BCUT2D eigenvalue weighted by molar-refractivity contribution is 9.09. The van der Waals surface area contributed by atoms with E-state index in [1.807, 2.05) is 6.92 Å². The Hall–Kier alpha value is -2.27. The summed E-state index contributed by atoms with van der Waals surface area (Å²) in [7, 11) is 0. The van der Waals surface area contributed by atoms with Crippen LogP contribution < -0.4 is 15.4 Å². The molecule has 3 saturated heterocycles. The van der Waals surface area contributed by atoms with Crippen LogP contribution in [0.4, 0.5) is 11.4 Å². The van der Waals surface area contributed by atoms with Crippen molar-refractivity contribution in [2.45, 2.75) is 53.5 Å². The summed E-state index contributed by atoms with van der Waals surface area (Å²) >= 11 is 11.7. The molecule has 2 bridgehead atoms. The molecule has 3 aliphatic heterocycles. The minimum Gasteiger partial charge on any atom is -0.494 e. The summed E-state index contributed by atoms with van der Waals surface area (Å²) in [5.74, 6) is -1.20. The van der Waals surface area contributed by atoms with Gasteiger partial charge in [-0.3, -0.25) is 14.4 Å². The molecule has 214 valence electrons. The molecule has 3 unspecified atom stereocenters. The number of carbonyl (C=O) groups is 3. The van der Waals surface area contributed by atoms with Crippen molar-refractivity contribution < 1.29 is 24.2 Å². The van der Waals surface area contributed by atoms with Crippen LogP contribution in [0.1, 0.15) is 32.6 Å². The van der Waals surface area contributed by atoms with Gasteiger partial charge < -0.3 is 25.4 Å². The normalized spacial score (nSPS) is 28.4. The van der Waals surface area contributed by atoms with Gasteiger partial charge in [0.25, 0.3) is 0 Å². The first kappa shape index (κ1) is 29.2. The Morgan fingerprint density at radius 3 is 2.58 bits per heavy atom. The maximum absolute atomic E-state index is 14.1. The smallest absolute Gasteiger partial charge is 0.248 e. The number of nitrogens with zero attached hydrogens (tertiary/aromatic N) is 1. The molecule has 8 nitrogen and oxygen atoms in total. The van der Waals surface area contributed by atoms with Gasteiger partial charge in [-0.2, -0.15) is 0 Å². The number of aliphatic hydroxyl groups excluding tert-OH is 1. The predicted octanol–water partition coefficient (Wildman–Crippen LogP) is 4.94. The van der Waals surface area contributed by atoms with Crippen molar-refractivity contribution in [1.29, 1.82) is 0 Å². The lowest BCUT2D eigenvalue weighted by Gasteiger charge is -2.35. The highest BCUT2D eigenvalue weighted by Crippen LogP contribution is 2.67. The number of benzene rings is 2. The van der Waals surface area contributed by atoms with Gasteiger partial charge in [0.05, 0.1) is 33.9 Å². The molecule has 3 N–H and O–H groups in total. The number of ether oxygens (including phenoxy) is 1. The van der Waals surface area contributed by atoms with Crippen molar-refractivity contribution >= 4 is 68.4 Å². The molecule has 3 heterocycles. The lowest BCUT2D eigenvalue weighted by Crippen LogP contribution is -2.52. The molecule has 40 heavy (non-hydrogen) atoms. The fraction of sp³-hybridized carbons (Fsp3) is 0.483. The fourth-order valence-corrected chi connectivity index (χ4v) is 10.1. The Kier molecular flexibility index (Phi) is 8.99. The third-order valence-corrected chi connectivity index (χ3v) is 11.5. The number of aliphatic hydroxyl groups is 1. The van der Waals surface area contributed by atoms with Crippen molar-refractivity contribution in [3.05, 3.63) is 53.6 Å². The Morgan fingerprint density at radius 2 is 1.88 bits per heavy atom. The lowest BCUT2D eigenvalue weighted by atomic mass is 9.70. The van der Waals surface area contributed by atoms with Crippen molar-refractivity contribution in [3.8, 4) is 5.75 Å². The molecule has 3 amide bonds. The van der Waals surface area contributed by atoms with Crippen LogP contribution in [0.2, 0.25) is 5.02 Å². The maximum atomic E-state index is 14.1. The first-order chi connectivity index (χ1) is 19.3. The number of thioether (sulfide) groups is 1. The third kappa shape index (κ3) is 5.35. The molecule has 11 heteroatoms. The van der Waals surface area contributed by atoms with E-state index in [0.717, 1.165) is 6.42 Å². The Balaban J connectivity index is 1.44. The van der Waals surface area contributed by atoms with Crippen LogP contribution in [0, 0.1) is 11.8 Å². The van der Waals surface area contributed by atoms with E-state index >= 15 is 0 Å². The molecule has 0 saturated carbocycles. The molecular weight excluding hydrogens is 618 g/mol. The second-order valence-corrected chi connectivity index (χ2v) is 13.5. The highest BCUT2D eigenvalue weighted by atomic mass is 79.9. The van der Waals surface area contributed by atoms with E-state index in [1.165, 1.54) is 0 Å². The number of nitrogens with one attached hydrogen (secondary N) is 2. The highest BCUT2D eigenvalue weighted by Gasteiger charge is 2.75. The number of para-hydroxylation sites is 1. The lowest BCUT2D eigenvalue weighted by molar-refractivity contribution is -0.138. The predicted molar refractivity (Wildman–Crippen MR) is 161 cm³/mol. The SMILES string of the molecule is CCOc1ccc(NC(=O)[C@H]2[C@@H]3SC4(CC3Br)C(C(=O)Nc3ccccc3Cl)N(CCCCCO)C(=O)[C@H]24)cc1. The molecule has 2 aromatic rings. The monoisotopic (exact) mass is 649 g/mol. The van der Waals surface area contributed by atoms with Crippen LogP contribution in [-0.4, -0.2) is 68.4 Å². The standard InChI is InChI=1S/C29H33BrClN3O5S/c1-2-39-18-12-10-17(11-13-18)32-26(36)22-23-28(38)34(14-6-3-7-15-35)25(29(23)16-19(30)24(22)40-29)27(37)33-21-9-5-4-8-20(21)31/h4-5,8-13,19,22-25,35H,2-3,6-7,14-16H2,1H3,(H,32,36)(H,33,37)/t19?,22-,23+,24-,25?,29?/m1/s1. The number of rotatable bonds is 11. The van der Waals surface area contributed by atoms with Gasteiger partial charge in [0.1, 0.15) is 11.8 Å². The van der Waals surface area contributed by atoms with E-state index in [-0.39, 0.29) is 34.4 Å². The number of likely N-dealkylation sites (tertiary alicyclic amines) is 1. The molecule has 1 spiro atoms. The number of fused-ring (bicyclic) bond motifs is 1. The Morgan fingerprint density at radius 1 is 1.12 bits per heavy atom. The van der Waals surface area contributed by atoms with Crippen molar-refractivity contribution in [2.75, 3.05) is 30.4 Å². The van der Waals surface area contributed by atoms with Crippen molar-refractivity contribution in [1.82, 2.24) is 4.90 Å². The van der Waals surface area contributed by atoms with Crippen LogP contribution in [0.15, 0.2) is 48.5 Å². The zero-order chi connectivity index (χ0) is 28.4. The molecule has 0 aromatic heterocycles. The van der Waals surface area contributed by atoms with Crippen LogP contribution in [-0.2, 0) is 14.4 Å². The molecule has 5 rings (SSSR count). The van der Waals surface area contributed by atoms with Gasteiger partial charge in [-0.15, -0.1) is 11.8 Å². The average molecular weight is 651 g/mol. The van der Waals surface area contributed by atoms with Crippen LogP contribution in [0.25, 0.3) is 0 Å². The third-order valence-electron chi connectivity index (χ3n) is 7.96. The summed E-state index contributed by atoms with van der Waals surface area (Å²) in [5, 5.41) is 15.5. The number of carbonyl (C=O) groups excluding carboxylic acids is 3. The minimum absolute atomic E-state index is 0.0254. The molecule has 3 aliphatic rings. The van der Waals surface area contributed by atoms with Crippen LogP contribution in [0.5, 0.6) is 5.75 Å². The topological polar surface area (TPSA) is 108 Å². The van der Waals surface area contributed by atoms with Gasteiger partial charge in [0, 0.05) is 28.9 Å². The van der Waals surface area contributed by atoms with E-state index in [1.54, 1.807) is 65.2 Å². The Labute approximate surface area is 251 Å². The fourth-order valence-electron chi connectivity index (χ4n) is 6.33. The quantitative estimate of drug-likeness (QED) is 0.235. The number of alkyl halides is 1. The summed E-state index contributed by atoms with van der Waals surface area (Å²) < 4.78 is 4.75. The number of halogens is 2. The Bertz CT molecular complexity index is 1270. The number of amides is 3. The van der Waals surface area contributed by atoms with Gasteiger partial charge in [-0.1, -0.05) is 39.7 Å². The van der Waals surface area contributed by atoms with Gasteiger partial charge in [-0.05, 0) is 69.0 Å². The summed E-state index contributed by atoms with van der Waals surface area (Å²) in [5.41, 5.74) is 1.11. The first-order valence-electron chi connectivity index (χ1n) is 13.6. The minimum atomic E-state index is -0.756. The summed E-state index contributed by atoms with van der Waals surface area (Å²) in [4.78, 5) is 43.5. The summed E-state index contributed by atoms with van der Waals surface area (Å²) in [6.07, 6.45) is 2.61. The number of unbranched alkanes of at least 4 members (excludes halogenated alkanes) is 2. The molecule has 3 fully saturated rings. The number of hydrogen-bond donors (Lipinski definition) is 3. The van der Waals surface area contributed by atoms with E-state index in [0.29, 0.717) is 54.6 Å². The zero-order valence-corrected chi connectivity index (χ0v) is 25.3. The van der Waals surface area contributed by atoms with Crippen molar-refractivity contribution in [3.63, 3.8) is 0 Å². The van der Waals surface area contributed by atoms with E-state index < -0.39 is 22.6 Å². The molecular formula is C29H33BrClN3O5S. The average Bonchev–Trinajstić information content (AvgIpc) is 3.52. The molecule has 6 atom stereocenters. The van der Waals surface area contributed by atoms with Gasteiger partial charge in [0.2, 0.25) is 17.7 Å². The van der Waals surface area contributed by atoms with Gasteiger partial charge in [-0.25, -0.2) is 0 Å². The van der Waals surface area contributed by atoms with E-state index in [4.69, 9.17) is 16.3 Å². The number of hydrogen-bond acceptors (Lipinski definition) is 6. The summed E-state index contributed by atoms with van der Waals surface area (Å²) in [6, 6.07) is 13.4. The zero-order valence-electron chi connectivity index (χ0n) is 22.1. The van der Waals surface area contributed by atoms with Crippen molar-refractivity contribution in [2.24, 2.45) is 11.8 Å². The molecule has 2 aromatic carbocycles. The van der Waals surface area contributed by atoms with E-state index in [2.05, 4.69) is 26.6 Å². The summed E-state index contributed by atoms with van der Waals surface area (Å²) in [6.45, 7) is 2.91. The largest absolute Gasteiger partial charge is 0.494 e. The van der Waals surface area contributed by atoms with Gasteiger partial charge >= 0.3 is 0 Å². The second-order valence-electron chi connectivity index (χ2n) is 10.4. The van der Waals surface area contributed by atoms with Crippen LogP contribution in [0.3, 0.4) is 0 Å². The second kappa shape index (κ2) is 12.3. The molecule has 0 radical (unpaired) electrons. The maximum Gasteiger partial charge on any atom is 0.248 e. The van der Waals surface area contributed by atoms with Crippen LogP contribution >= 0.6 is 39.3 Å². The molecule has 0 aliphatic carbocycles.